The average Bonchev–Trinajstić information content (AvgIpc) is 2.85. The summed E-state index contributed by atoms with van der Waals surface area (Å²) < 4.78 is 4.89. The second-order valence-electron chi connectivity index (χ2n) is 5.95. The molecule has 0 saturated carbocycles. The zero-order valence-corrected chi connectivity index (χ0v) is 14.4. The van der Waals surface area contributed by atoms with Crippen LogP contribution in [0.4, 0.5) is 0 Å². The number of imide groups is 1. The predicted molar refractivity (Wildman–Crippen MR) is 89.9 cm³/mol. The highest BCUT2D eigenvalue weighted by atomic mass is 16.5. The Kier molecular flexibility index (Phi) is 6.27. The van der Waals surface area contributed by atoms with E-state index < -0.39 is 5.97 Å². The van der Waals surface area contributed by atoms with Gasteiger partial charge in [-0.15, -0.1) is 0 Å². The van der Waals surface area contributed by atoms with Crippen molar-refractivity contribution in [2.45, 2.75) is 39.2 Å². The number of carbonyl (C=O) groups is 4. The predicted octanol–water partition coefficient (Wildman–Crippen LogP) is 1.52. The Balaban J connectivity index is 1.73. The molecule has 7 heteroatoms. The lowest BCUT2D eigenvalue weighted by atomic mass is 10.1. The molecule has 134 valence electrons. The van der Waals surface area contributed by atoms with Crippen molar-refractivity contribution in [2.24, 2.45) is 0 Å². The van der Waals surface area contributed by atoms with Crippen molar-refractivity contribution >= 4 is 23.7 Å². The molecule has 0 aliphatic carbocycles. The summed E-state index contributed by atoms with van der Waals surface area (Å²) in [5.41, 5.74) is 0.772. The molecule has 2 rings (SSSR count). The smallest absolute Gasteiger partial charge is 0.306 e. The van der Waals surface area contributed by atoms with Gasteiger partial charge in [0.1, 0.15) is 0 Å². The highest BCUT2D eigenvalue weighted by molar-refractivity contribution is 6.21. The number of benzene rings is 1. The van der Waals surface area contributed by atoms with Crippen LogP contribution in [0.15, 0.2) is 24.3 Å². The van der Waals surface area contributed by atoms with Gasteiger partial charge in [0.2, 0.25) is 0 Å². The van der Waals surface area contributed by atoms with Gasteiger partial charge in [0.15, 0.2) is 6.61 Å². The van der Waals surface area contributed by atoms with E-state index in [9.17, 15) is 19.2 Å². The van der Waals surface area contributed by atoms with E-state index in [0.29, 0.717) is 11.1 Å². The third-order valence-electron chi connectivity index (χ3n) is 4.02. The Morgan fingerprint density at radius 2 is 1.76 bits per heavy atom. The highest BCUT2D eigenvalue weighted by Gasteiger charge is 2.34. The van der Waals surface area contributed by atoms with Gasteiger partial charge in [-0.25, -0.2) is 0 Å². The standard InChI is InChI=1S/C18H22N2O5/c1-3-12(2)19-15(21)11-25-16(22)9-6-10-20-17(23)13-7-4-5-8-14(13)18(20)24/h4-5,7-8,12H,3,6,9-11H2,1-2H3,(H,19,21). The van der Waals surface area contributed by atoms with Crippen LogP contribution in [-0.2, 0) is 14.3 Å². The second-order valence-corrected chi connectivity index (χ2v) is 5.95. The summed E-state index contributed by atoms with van der Waals surface area (Å²) in [6.45, 7) is 3.62. The molecule has 3 amide bonds. The number of carbonyl (C=O) groups excluding carboxylic acids is 4. The van der Waals surface area contributed by atoms with E-state index in [0.717, 1.165) is 11.3 Å². The van der Waals surface area contributed by atoms with E-state index >= 15 is 0 Å². The fraction of sp³-hybridized carbons (Fsp3) is 0.444. The second kappa shape index (κ2) is 8.41. The first kappa shape index (κ1) is 18.6. The number of hydrogen-bond acceptors (Lipinski definition) is 5. The monoisotopic (exact) mass is 346 g/mol. The lowest BCUT2D eigenvalue weighted by molar-refractivity contribution is -0.148. The third kappa shape index (κ3) is 4.65. The zero-order chi connectivity index (χ0) is 18.4. The molecule has 1 aliphatic rings. The summed E-state index contributed by atoms with van der Waals surface area (Å²) in [5, 5.41) is 2.69. The minimum Gasteiger partial charge on any atom is -0.456 e. The molecule has 1 aromatic carbocycles. The summed E-state index contributed by atoms with van der Waals surface area (Å²) in [7, 11) is 0. The summed E-state index contributed by atoms with van der Waals surface area (Å²) in [6, 6.07) is 6.66. The van der Waals surface area contributed by atoms with Crippen molar-refractivity contribution in [3.05, 3.63) is 35.4 Å². The van der Waals surface area contributed by atoms with Gasteiger partial charge >= 0.3 is 5.97 Å². The van der Waals surface area contributed by atoms with Gasteiger partial charge < -0.3 is 10.1 Å². The minimum atomic E-state index is -0.532. The molecule has 1 aliphatic heterocycles. The van der Waals surface area contributed by atoms with Crippen molar-refractivity contribution in [1.29, 1.82) is 0 Å². The van der Waals surface area contributed by atoms with Gasteiger partial charge in [-0.05, 0) is 31.9 Å². The number of amides is 3. The maximum Gasteiger partial charge on any atom is 0.306 e. The molecule has 25 heavy (non-hydrogen) atoms. The molecular weight excluding hydrogens is 324 g/mol. The molecular formula is C18H22N2O5. The fourth-order valence-corrected chi connectivity index (χ4v) is 2.46. The van der Waals surface area contributed by atoms with Crippen molar-refractivity contribution < 1.29 is 23.9 Å². The van der Waals surface area contributed by atoms with Crippen molar-refractivity contribution in [3.8, 4) is 0 Å². The van der Waals surface area contributed by atoms with Gasteiger partial charge in [0.05, 0.1) is 11.1 Å². The Morgan fingerprint density at radius 1 is 1.16 bits per heavy atom. The van der Waals surface area contributed by atoms with Crippen LogP contribution >= 0.6 is 0 Å². The van der Waals surface area contributed by atoms with Crippen molar-refractivity contribution in [1.82, 2.24) is 10.2 Å². The average molecular weight is 346 g/mol. The summed E-state index contributed by atoms with van der Waals surface area (Å²) in [5.74, 6) is -1.57. The van der Waals surface area contributed by atoms with E-state index in [1.807, 2.05) is 13.8 Å². The van der Waals surface area contributed by atoms with E-state index in [1.54, 1.807) is 24.3 Å². The lowest BCUT2D eigenvalue weighted by Gasteiger charge is -2.13. The quantitative estimate of drug-likeness (QED) is 0.569. The minimum absolute atomic E-state index is 0.0278. The molecule has 1 aromatic rings. The number of hydrogen-bond donors (Lipinski definition) is 1. The lowest BCUT2D eigenvalue weighted by Crippen LogP contribution is -2.35. The largest absolute Gasteiger partial charge is 0.456 e. The van der Waals surface area contributed by atoms with E-state index in [-0.39, 0.29) is 49.8 Å². The molecule has 0 bridgehead atoms. The first-order valence-electron chi connectivity index (χ1n) is 8.34. The maximum absolute atomic E-state index is 12.2. The van der Waals surface area contributed by atoms with E-state index in [1.165, 1.54) is 0 Å². The van der Waals surface area contributed by atoms with Crippen LogP contribution in [0, 0.1) is 0 Å². The van der Waals surface area contributed by atoms with Gasteiger partial charge in [-0.1, -0.05) is 19.1 Å². The topological polar surface area (TPSA) is 92.8 Å². The Bertz CT molecular complexity index is 651. The zero-order valence-electron chi connectivity index (χ0n) is 14.4. The van der Waals surface area contributed by atoms with Crippen LogP contribution in [0.5, 0.6) is 0 Å². The van der Waals surface area contributed by atoms with Crippen LogP contribution in [0.25, 0.3) is 0 Å². The van der Waals surface area contributed by atoms with Gasteiger partial charge in [-0.2, -0.15) is 0 Å². The third-order valence-corrected chi connectivity index (χ3v) is 4.02. The van der Waals surface area contributed by atoms with Crippen molar-refractivity contribution in [2.75, 3.05) is 13.2 Å². The van der Waals surface area contributed by atoms with E-state index in [2.05, 4.69) is 5.32 Å². The van der Waals surface area contributed by atoms with Crippen LogP contribution in [0.1, 0.15) is 53.8 Å². The van der Waals surface area contributed by atoms with Crippen LogP contribution < -0.4 is 5.32 Å². The summed E-state index contributed by atoms with van der Waals surface area (Å²) in [4.78, 5) is 48.7. The van der Waals surface area contributed by atoms with E-state index in [4.69, 9.17) is 4.74 Å². The fourth-order valence-electron chi connectivity index (χ4n) is 2.46. The highest BCUT2D eigenvalue weighted by Crippen LogP contribution is 2.22. The number of nitrogens with zero attached hydrogens (tertiary/aromatic N) is 1. The molecule has 1 N–H and O–H groups in total. The number of fused-ring (bicyclic) bond motifs is 1. The van der Waals surface area contributed by atoms with Crippen LogP contribution in [0.3, 0.4) is 0 Å². The molecule has 0 spiro atoms. The Hall–Kier alpha value is -2.70. The molecule has 0 radical (unpaired) electrons. The maximum atomic E-state index is 12.2. The molecule has 0 fully saturated rings. The van der Waals surface area contributed by atoms with Crippen LogP contribution in [-0.4, -0.2) is 47.8 Å². The Morgan fingerprint density at radius 3 is 2.32 bits per heavy atom. The number of ether oxygens (including phenoxy) is 1. The molecule has 1 atom stereocenters. The molecule has 0 saturated heterocycles. The molecule has 7 nitrogen and oxygen atoms in total. The van der Waals surface area contributed by atoms with Crippen molar-refractivity contribution in [3.63, 3.8) is 0 Å². The van der Waals surface area contributed by atoms with Gasteiger partial charge in [0, 0.05) is 19.0 Å². The molecule has 1 unspecified atom stereocenters. The summed E-state index contributed by atoms with van der Waals surface area (Å²) in [6.07, 6.45) is 1.11. The number of nitrogens with one attached hydrogen (secondary N) is 1. The Labute approximate surface area is 146 Å². The van der Waals surface area contributed by atoms with Crippen LogP contribution in [0.2, 0.25) is 0 Å². The summed E-state index contributed by atoms with van der Waals surface area (Å²) >= 11 is 0. The normalized spacial score (nSPS) is 14.2. The first-order valence-corrected chi connectivity index (χ1v) is 8.34. The SMILES string of the molecule is CCC(C)NC(=O)COC(=O)CCCN1C(=O)c2ccccc2C1=O. The number of esters is 1. The number of rotatable bonds is 8. The molecule has 1 heterocycles. The van der Waals surface area contributed by atoms with Gasteiger partial charge in [0.25, 0.3) is 17.7 Å². The first-order chi connectivity index (χ1) is 11.9. The van der Waals surface area contributed by atoms with Gasteiger partial charge in [-0.3, -0.25) is 24.1 Å². The molecule has 0 aromatic heterocycles.